The molecule has 2 N–H and O–H groups in total. The second-order valence-corrected chi connectivity index (χ2v) is 4.99. The SMILES string of the molecule is COCCOc1ccccc1C(=O)N1CCC[C@@H](N)C1. The summed E-state index contributed by atoms with van der Waals surface area (Å²) in [5.41, 5.74) is 6.53. The van der Waals surface area contributed by atoms with Crippen molar-refractivity contribution < 1.29 is 14.3 Å². The lowest BCUT2D eigenvalue weighted by molar-refractivity contribution is 0.0702. The molecule has 1 atom stereocenters. The van der Waals surface area contributed by atoms with E-state index >= 15 is 0 Å². The Bertz CT molecular complexity index is 450. The van der Waals surface area contributed by atoms with E-state index in [9.17, 15) is 4.79 Å². The zero-order valence-electron chi connectivity index (χ0n) is 11.9. The summed E-state index contributed by atoms with van der Waals surface area (Å²) in [7, 11) is 1.62. The van der Waals surface area contributed by atoms with Gasteiger partial charge in [0.15, 0.2) is 0 Å². The zero-order chi connectivity index (χ0) is 14.4. The number of para-hydroxylation sites is 1. The van der Waals surface area contributed by atoms with E-state index in [0.717, 1.165) is 19.4 Å². The maximum absolute atomic E-state index is 12.6. The fourth-order valence-electron chi connectivity index (χ4n) is 2.37. The van der Waals surface area contributed by atoms with E-state index in [-0.39, 0.29) is 11.9 Å². The number of amides is 1. The highest BCUT2D eigenvalue weighted by atomic mass is 16.5. The van der Waals surface area contributed by atoms with Gasteiger partial charge in [0.1, 0.15) is 12.4 Å². The number of methoxy groups -OCH3 is 1. The smallest absolute Gasteiger partial charge is 0.257 e. The van der Waals surface area contributed by atoms with E-state index in [1.807, 2.05) is 23.1 Å². The predicted octanol–water partition coefficient (Wildman–Crippen LogP) is 1.28. The Morgan fingerprint density at radius 2 is 2.20 bits per heavy atom. The number of ether oxygens (including phenoxy) is 2. The number of benzene rings is 1. The van der Waals surface area contributed by atoms with Gasteiger partial charge >= 0.3 is 0 Å². The molecule has 5 heteroatoms. The number of carbonyl (C=O) groups is 1. The standard InChI is InChI=1S/C15H22N2O3/c1-19-9-10-20-14-7-3-2-6-13(14)15(18)17-8-4-5-12(16)11-17/h2-3,6-7,12H,4-5,8-11,16H2,1H3/t12-/m1/s1. The molecule has 2 rings (SSSR count). The third-order valence-corrected chi connectivity index (χ3v) is 3.41. The highest BCUT2D eigenvalue weighted by Gasteiger charge is 2.24. The van der Waals surface area contributed by atoms with Gasteiger partial charge in [0.05, 0.1) is 12.2 Å². The van der Waals surface area contributed by atoms with Crippen LogP contribution < -0.4 is 10.5 Å². The number of hydrogen-bond acceptors (Lipinski definition) is 4. The molecular formula is C15H22N2O3. The van der Waals surface area contributed by atoms with Crippen molar-refractivity contribution in [2.24, 2.45) is 5.73 Å². The summed E-state index contributed by atoms with van der Waals surface area (Å²) >= 11 is 0. The molecule has 0 bridgehead atoms. The van der Waals surface area contributed by atoms with Gasteiger partial charge in [-0.15, -0.1) is 0 Å². The van der Waals surface area contributed by atoms with Crippen LogP contribution in [0.3, 0.4) is 0 Å². The quantitative estimate of drug-likeness (QED) is 0.824. The van der Waals surface area contributed by atoms with Gasteiger partial charge < -0.3 is 20.1 Å². The molecule has 1 fully saturated rings. The number of piperidine rings is 1. The third-order valence-electron chi connectivity index (χ3n) is 3.41. The molecule has 0 aromatic heterocycles. The van der Waals surface area contributed by atoms with Gasteiger partial charge in [-0.3, -0.25) is 4.79 Å². The van der Waals surface area contributed by atoms with E-state index in [1.165, 1.54) is 0 Å². The van der Waals surface area contributed by atoms with E-state index in [0.29, 0.717) is 31.1 Å². The van der Waals surface area contributed by atoms with Gasteiger partial charge in [0.2, 0.25) is 0 Å². The number of nitrogens with zero attached hydrogens (tertiary/aromatic N) is 1. The molecule has 1 aliphatic heterocycles. The minimum Gasteiger partial charge on any atom is -0.490 e. The molecule has 1 aliphatic rings. The molecule has 1 saturated heterocycles. The summed E-state index contributed by atoms with van der Waals surface area (Å²) in [6.07, 6.45) is 1.94. The molecule has 5 nitrogen and oxygen atoms in total. The van der Waals surface area contributed by atoms with Crippen LogP contribution in [0.4, 0.5) is 0 Å². The predicted molar refractivity (Wildman–Crippen MR) is 76.9 cm³/mol. The Labute approximate surface area is 119 Å². The fourth-order valence-corrected chi connectivity index (χ4v) is 2.37. The minimum atomic E-state index is -0.00633. The molecular weight excluding hydrogens is 256 g/mol. The minimum absolute atomic E-state index is 0.00633. The summed E-state index contributed by atoms with van der Waals surface area (Å²) in [5.74, 6) is 0.599. The van der Waals surface area contributed by atoms with Crippen LogP contribution in [-0.2, 0) is 4.74 Å². The van der Waals surface area contributed by atoms with Crippen LogP contribution in [-0.4, -0.2) is 50.3 Å². The first-order valence-electron chi connectivity index (χ1n) is 6.98. The molecule has 1 aromatic carbocycles. The molecule has 1 amide bonds. The van der Waals surface area contributed by atoms with Crippen LogP contribution in [0.25, 0.3) is 0 Å². The van der Waals surface area contributed by atoms with Crippen LogP contribution in [0, 0.1) is 0 Å². The van der Waals surface area contributed by atoms with Crippen molar-refractivity contribution in [2.75, 3.05) is 33.4 Å². The summed E-state index contributed by atoms with van der Waals surface area (Å²) in [6.45, 7) is 2.31. The Kier molecular flexibility index (Phi) is 5.38. The lowest BCUT2D eigenvalue weighted by atomic mass is 10.0. The first kappa shape index (κ1) is 14.8. The number of hydrogen-bond donors (Lipinski definition) is 1. The topological polar surface area (TPSA) is 64.8 Å². The lowest BCUT2D eigenvalue weighted by Gasteiger charge is -2.31. The Morgan fingerprint density at radius 3 is 2.95 bits per heavy atom. The monoisotopic (exact) mass is 278 g/mol. The molecule has 0 saturated carbocycles. The normalized spacial score (nSPS) is 18.9. The first-order chi connectivity index (χ1) is 9.72. The van der Waals surface area contributed by atoms with E-state index in [4.69, 9.17) is 15.2 Å². The van der Waals surface area contributed by atoms with Crippen molar-refractivity contribution in [1.82, 2.24) is 4.90 Å². The summed E-state index contributed by atoms with van der Waals surface area (Å²) in [5, 5.41) is 0. The van der Waals surface area contributed by atoms with E-state index in [1.54, 1.807) is 13.2 Å². The molecule has 0 unspecified atom stereocenters. The highest BCUT2D eigenvalue weighted by Crippen LogP contribution is 2.21. The third kappa shape index (κ3) is 3.71. The second kappa shape index (κ2) is 7.26. The number of rotatable bonds is 5. The van der Waals surface area contributed by atoms with Gasteiger partial charge in [-0.05, 0) is 25.0 Å². The summed E-state index contributed by atoms with van der Waals surface area (Å²) in [6, 6.07) is 7.40. The van der Waals surface area contributed by atoms with Crippen molar-refractivity contribution in [2.45, 2.75) is 18.9 Å². The van der Waals surface area contributed by atoms with Crippen LogP contribution in [0.2, 0.25) is 0 Å². The number of likely N-dealkylation sites (tertiary alicyclic amines) is 1. The van der Waals surface area contributed by atoms with Crippen molar-refractivity contribution in [3.05, 3.63) is 29.8 Å². The molecule has 1 aromatic rings. The Morgan fingerprint density at radius 1 is 1.40 bits per heavy atom. The van der Waals surface area contributed by atoms with Gasteiger partial charge in [0.25, 0.3) is 5.91 Å². The molecule has 0 radical (unpaired) electrons. The number of carbonyl (C=O) groups excluding carboxylic acids is 1. The van der Waals surface area contributed by atoms with Gasteiger partial charge in [-0.25, -0.2) is 0 Å². The molecule has 110 valence electrons. The number of nitrogens with two attached hydrogens (primary N) is 1. The molecule has 1 heterocycles. The summed E-state index contributed by atoms with van der Waals surface area (Å²) in [4.78, 5) is 14.4. The highest BCUT2D eigenvalue weighted by molar-refractivity contribution is 5.97. The van der Waals surface area contributed by atoms with Crippen molar-refractivity contribution in [1.29, 1.82) is 0 Å². The second-order valence-electron chi connectivity index (χ2n) is 4.99. The van der Waals surface area contributed by atoms with Crippen LogP contribution in [0.15, 0.2) is 24.3 Å². The zero-order valence-corrected chi connectivity index (χ0v) is 11.9. The van der Waals surface area contributed by atoms with Crippen LogP contribution >= 0.6 is 0 Å². The molecule has 20 heavy (non-hydrogen) atoms. The van der Waals surface area contributed by atoms with Crippen LogP contribution in [0.1, 0.15) is 23.2 Å². The van der Waals surface area contributed by atoms with Crippen molar-refractivity contribution in [3.8, 4) is 5.75 Å². The maximum Gasteiger partial charge on any atom is 0.257 e. The fraction of sp³-hybridized carbons (Fsp3) is 0.533. The Balaban J connectivity index is 2.08. The lowest BCUT2D eigenvalue weighted by Crippen LogP contribution is -2.45. The van der Waals surface area contributed by atoms with Gasteiger partial charge in [-0.1, -0.05) is 12.1 Å². The summed E-state index contributed by atoms with van der Waals surface area (Å²) < 4.78 is 10.6. The average molecular weight is 278 g/mol. The largest absolute Gasteiger partial charge is 0.490 e. The van der Waals surface area contributed by atoms with Gasteiger partial charge in [-0.2, -0.15) is 0 Å². The maximum atomic E-state index is 12.6. The first-order valence-corrected chi connectivity index (χ1v) is 6.98. The van der Waals surface area contributed by atoms with Crippen molar-refractivity contribution in [3.63, 3.8) is 0 Å². The van der Waals surface area contributed by atoms with Crippen LogP contribution in [0.5, 0.6) is 5.75 Å². The van der Waals surface area contributed by atoms with Gasteiger partial charge in [0, 0.05) is 26.2 Å². The average Bonchev–Trinajstić information content (AvgIpc) is 2.47. The Hall–Kier alpha value is -1.59. The molecule has 0 aliphatic carbocycles. The van der Waals surface area contributed by atoms with E-state index < -0.39 is 0 Å². The van der Waals surface area contributed by atoms with E-state index in [2.05, 4.69) is 0 Å². The molecule has 0 spiro atoms. The van der Waals surface area contributed by atoms with Crippen molar-refractivity contribution >= 4 is 5.91 Å².